The molecule has 120 valence electrons. The van der Waals surface area contributed by atoms with Crippen molar-refractivity contribution in [3.63, 3.8) is 0 Å². The molecule has 0 saturated carbocycles. The number of rotatable bonds is 3. The van der Waals surface area contributed by atoms with E-state index in [-0.39, 0.29) is 5.91 Å². The van der Waals surface area contributed by atoms with E-state index in [9.17, 15) is 4.79 Å². The highest BCUT2D eigenvalue weighted by Crippen LogP contribution is 2.23. The number of anilines is 1. The fourth-order valence-corrected chi connectivity index (χ4v) is 3.36. The molecular formula is C15H20ClN3OS2. The van der Waals surface area contributed by atoms with Crippen molar-refractivity contribution < 1.29 is 4.79 Å². The number of hydrogen-bond donors (Lipinski definition) is 1. The van der Waals surface area contributed by atoms with Crippen molar-refractivity contribution in [2.24, 2.45) is 0 Å². The Morgan fingerprint density at radius 2 is 2.05 bits per heavy atom. The van der Waals surface area contributed by atoms with Gasteiger partial charge in [-0.1, -0.05) is 41.6 Å². The van der Waals surface area contributed by atoms with Crippen molar-refractivity contribution in [3.8, 4) is 0 Å². The predicted molar refractivity (Wildman–Crippen MR) is 98.9 cm³/mol. The summed E-state index contributed by atoms with van der Waals surface area (Å²) in [5.41, 5.74) is 1.63. The molecule has 4 nitrogen and oxygen atoms in total. The maximum absolute atomic E-state index is 12.1. The zero-order valence-electron chi connectivity index (χ0n) is 12.8. The van der Waals surface area contributed by atoms with Crippen molar-refractivity contribution >= 4 is 51.5 Å². The van der Waals surface area contributed by atoms with Crippen LogP contribution in [0.5, 0.6) is 0 Å². The Morgan fingerprint density at radius 3 is 2.73 bits per heavy atom. The van der Waals surface area contributed by atoms with Crippen LogP contribution < -0.4 is 5.32 Å². The minimum Gasteiger partial charge on any atom is -0.355 e. The minimum atomic E-state index is -0.0631. The summed E-state index contributed by atoms with van der Waals surface area (Å²) in [6.45, 7) is 5.76. The number of nitrogens with one attached hydrogen (secondary N) is 1. The van der Waals surface area contributed by atoms with E-state index in [1.165, 1.54) is 11.8 Å². The third-order valence-electron chi connectivity index (χ3n) is 3.63. The van der Waals surface area contributed by atoms with Gasteiger partial charge in [-0.25, -0.2) is 0 Å². The third kappa shape index (κ3) is 4.84. The average Bonchev–Trinajstić information content (AvgIpc) is 2.50. The second-order valence-corrected chi connectivity index (χ2v) is 7.32. The number of thioether (sulfide) groups is 1. The monoisotopic (exact) mass is 357 g/mol. The van der Waals surface area contributed by atoms with Gasteiger partial charge in [0, 0.05) is 36.9 Å². The van der Waals surface area contributed by atoms with E-state index in [0.717, 1.165) is 41.8 Å². The van der Waals surface area contributed by atoms with E-state index in [1.807, 2.05) is 25.1 Å². The SMILES string of the molecule is Cc1c(Cl)cccc1NC(=O)CSC(=S)N1CCN(C)CC1. The summed E-state index contributed by atoms with van der Waals surface area (Å²) < 4.78 is 0.797. The number of likely N-dealkylation sites (N-methyl/N-ethyl adjacent to an activating group) is 1. The summed E-state index contributed by atoms with van der Waals surface area (Å²) >= 11 is 12.9. The van der Waals surface area contributed by atoms with Crippen molar-refractivity contribution in [2.45, 2.75) is 6.92 Å². The molecule has 1 aliphatic heterocycles. The lowest BCUT2D eigenvalue weighted by atomic mass is 10.2. The van der Waals surface area contributed by atoms with Crippen LogP contribution in [0.2, 0.25) is 5.02 Å². The highest BCUT2D eigenvalue weighted by atomic mass is 35.5. The summed E-state index contributed by atoms with van der Waals surface area (Å²) in [6.07, 6.45) is 0. The first-order valence-corrected chi connectivity index (χ1v) is 8.90. The maximum atomic E-state index is 12.1. The van der Waals surface area contributed by atoms with E-state index in [2.05, 4.69) is 22.2 Å². The van der Waals surface area contributed by atoms with Gasteiger partial charge in [-0.2, -0.15) is 0 Å². The fourth-order valence-electron chi connectivity index (χ4n) is 2.14. The first kappa shape index (κ1) is 17.5. The first-order valence-electron chi connectivity index (χ1n) is 7.12. The third-order valence-corrected chi connectivity index (χ3v) is 5.56. The molecule has 2 rings (SSSR count). The zero-order chi connectivity index (χ0) is 16.1. The van der Waals surface area contributed by atoms with Crippen LogP contribution in [0.3, 0.4) is 0 Å². The first-order chi connectivity index (χ1) is 10.5. The second-order valence-electron chi connectivity index (χ2n) is 5.31. The molecule has 1 N–H and O–H groups in total. The highest BCUT2D eigenvalue weighted by molar-refractivity contribution is 8.23. The molecule has 1 fully saturated rings. The molecule has 1 aromatic carbocycles. The van der Waals surface area contributed by atoms with Gasteiger partial charge < -0.3 is 15.1 Å². The lowest BCUT2D eigenvalue weighted by Crippen LogP contribution is -2.46. The Hall–Kier alpha value is -0.820. The average molecular weight is 358 g/mol. The van der Waals surface area contributed by atoms with E-state index in [1.54, 1.807) is 0 Å². The summed E-state index contributed by atoms with van der Waals surface area (Å²) in [6, 6.07) is 5.49. The Morgan fingerprint density at radius 1 is 1.36 bits per heavy atom. The van der Waals surface area contributed by atoms with Gasteiger partial charge in [0.2, 0.25) is 5.91 Å². The van der Waals surface area contributed by atoms with Crippen LogP contribution in [0.1, 0.15) is 5.56 Å². The maximum Gasteiger partial charge on any atom is 0.234 e. The van der Waals surface area contributed by atoms with Gasteiger partial charge in [0.05, 0.1) is 5.75 Å². The normalized spacial score (nSPS) is 15.7. The Labute approximate surface area is 146 Å². The molecule has 0 unspecified atom stereocenters. The van der Waals surface area contributed by atoms with Crippen LogP contribution in [0.25, 0.3) is 0 Å². The molecule has 22 heavy (non-hydrogen) atoms. The summed E-state index contributed by atoms with van der Waals surface area (Å²) in [7, 11) is 2.11. The highest BCUT2D eigenvalue weighted by Gasteiger charge is 2.17. The number of thiocarbonyl (C=S) groups is 1. The van der Waals surface area contributed by atoms with Crippen LogP contribution in [0, 0.1) is 6.92 Å². The number of piperazine rings is 1. The largest absolute Gasteiger partial charge is 0.355 e. The van der Waals surface area contributed by atoms with Crippen molar-refractivity contribution in [2.75, 3.05) is 44.3 Å². The molecule has 1 aliphatic rings. The molecule has 0 bridgehead atoms. The van der Waals surface area contributed by atoms with Crippen LogP contribution in [0.4, 0.5) is 5.69 Å². The van der Waals surface area contributed by atoms with Crippen LogP contribution >= 0.6 is 35.6 Å². The van der Waals surface area contributed by atoms with E-state index in [4.69, 9.17) is 23.8 Å². The van der Waals surface area contributed by atoms with Crippen molar-refractivity contribution in [1.82, 2.24) is 9.80 Å². The minimum absolute atomic E-state index is 0.0631. The molecule has 1 saturated heterocycles. The Balaban J connectivity index is 1.80. The molecule has 7 heteroatoms. The summed E-state index contributed by atoms with van der Waals surface area (Å²) in [4.78, 5) is 16.5. The number of carbonyl (C=O) groups excluding carboxylic acids is 1. The van der Waals surface area contributed by atoms with Gasteiger partial charge in [-0.15, -0.1) is 0 Å². The summed E-state index contributed by atoms with van der Waals surface area (Å²) in [5, 5.41) is 3.54. The fraction of sp³-hybridized carbons (Fsp3) is 0.467. The van der Waals surface area contributed by atoms with Crippen LogP contribution in [-0.4, -0.2) is 59.0 Å². The predicted octanol–water partition coefficient (Wildman–Crippen LogP) is 2.85. The van der Waals surface area contributed by atoms with Gasteiger partial charge in [0.15, 0.2) is 0 Å². The van der Waals surface area contributed by atoms with Gasteiger partial charge in [0.25, 0.3) is 0 Å². The van der Waals surface area contributed by atoms with Crippen LogP contribution in [-0.2, 0) is 4.79 Å². The number of halogens is 1. The van der Waals surface area contributed by atoms with Gasteiger partial charge >= 0.3 is 0 Å². The molecule has 1 heterocycles. The molecular weight excluding hydrogens is 338 g/mol. The molecule has 0 aliphatic carbocycles. The smallest absolute Gasteiger partial charge is 0.234 e. The van der Waals surface area contributed by atoms with Crippen LogP contribution in [0.15, 0.2) is 18.2 Å². The second kappa shape index (κ2) is 8.15. The topological polar surface area (TPSA) is 35.6 Å². The quantitative estimate of drug-likeness (QED) is 0.842. The molecule has 0 atom stereocenters. The van der Waals surface area contributed by atoms with E-state index in [0.29, 0.717) is 10.8 Å². The number of benzene rings is 1. The van der Waals surface area contributed by atoms with E-state index >= 15 is 0 Å². The van der Waals surface area contributed by atoms with Gasteiger partial charge in [0.1, 0.15) is 4.32 Å². The summed E-state index contributed by atoms with van der Waals surface area (Å²) in [5.74, 6) is 0.253. The zero-order valence-corrected chi connectivity index (χ0v) is 15.2. The molecule has 1 amide bonds. The molecule has 0 spiro atoms. The number of nitrogens with zero attached hydrogens (tertiary/aromatic N) is 2. The number of amides is 1. The lowest BCUT2D eigenvalue weighted by Gasteiger charge is -2.33. The standard InChI is InChI=1S/C15H20ClN3OS2/c1-11-12(16)4-3-5-13(11)17-14(20)10-22-15(21)19-8-6-18(2)7-9-19/h3-5H,6-10H2,1-2H3,(H,17,20). The molecule has 1 aromatic rings. The van der Waals surface area contributed by atoms with E-state index < -0.39 is 0 Å². The Bertz CT molecular complexity index is 560. The van der Waals surface area contributed by atoms with Gasteiger partial charge in [-0.3, -0.25) is 4.79 Å². The lowest BCUT2D eigenvalue weighted by molar-refractivity contribution is -0.113. The number of hydrogen-bond acceptors (Lipinski definition) is 4. The Kier molecular flexibility index (Phi) is 6.50. The molecule has 0 radical (unpaired) electrons. The molecule has 0 aromatic heterocycles. The number of carbonyl (C=O) groups is 1. The van der Waals surface area contributed by atoms with Crippen molar-refractivity contribution in [1.29, 1.82) is 0 Å². The van der Waals surface area contributed by atoms with Crippen molar-refractivity contribution in [3.05, 3.63) is 28.8 Å². The van der Waals surface area contributed by atoms with Gasteiger partial charge in [-0.05, 0) is 31.7 Å².